The number of benzene rings is 1. The number of fused-ring (bicyclic) bond motifs is 1. The van der Waals surface area contributed by atoms with E-state index in [-0.39, 0.29) is 21.5 Å². The van der Waals surface area contributed by atoms with Gasteiger partial charge in [0.1, 0.15) is 11.2 Å². The highest BCUT2D eigenvalue weighted by Crippen LogP contribution is 2.25. The molecule has 18 heavy (non-hydrogen) atoms. The monoisotopic (exact) mass is 269 g/mol. The Labute approximate surface area is 104 Å². The molecule has 1 aromatic heterocycles. The van der Waals surface area contributed by atoms with Gasteiger partial charge in [-0.25, -0.2) is 19.0 Å². The first-order valence-corrected chi connectivity index (χ1v) is 5.04. The molecule has 0 bridgehead atoms. The molecule has 0 spiro atoms. The molecule has 0 atom stereocenters. The lowest BCUT2D eigenvalue weighted by atomic mass is 10.1. The summed E-state index contributed by atoms with van der Waals surface area (Å²) in [6.45, 7) is 0. The van der Waals surface area contributed by atoms with E-state index in [4.69, 9.17) is 21.8 Å². The minimum Gasteiger partial charge on any atom is -0.478 e. The first kappa shape index (κ1) is 12.3. The Morgan fingerprint density at radius 3 is 2.39 bits per heavy atom. The van der Waals surface area contributed by atoms with Gasteiger partial charge in [0.05, 0.1) is 5.56 Å². The van der Waals surface area contributed by atoms with Gasteiger partial charge >= 0.3 is 11.9 Å². The van der Waals surface area contributed by atoms with E-state index >= 15 is 0 Å². The molecule has 1 aromatic carbocycles. The summed E-state index contributed by atoms with van der Waals surface area (Å²) in [6.07, 6.45) is 0. The van der Waals surface area contributed by atoms with Gasteiger partial charge in [-0.15, -0.1) is 0 Å². The second-order valence-corrected chi connectivity index (χ2v) is 3.89. The van der Waals surface area contributed by atoms with Crippen LogP contribution < -0.4 is 0 Å². The zero-order valence-electron chi connectivity index (χ0n) is 8.65. The second kappa shape index (κ2) is 4.23. The highest BCUT2D eigenvalue weighted by molar-refractivity contribution is 6.31. The molecule has 0 aliphatic rings. The van der Waals surface area contributed by atoms with Gasteiger partial charge in [0.25, 0.3) is 0 Å². The van der Waals surface area contributed by atoms with Crippen molar-refractivity contribution >= 4 is 34.4 Å². The molecule has 92 valence electrons. The Kier molecular flexibility index (Phi) is 2.88. The quantitative estimate of drug-likeness (QED) is 0.874. The van der Waals surface area contributed by atoms with Gasteiger partial charge in [0, 0.05) is 10.4 Å². The summed E-state index contributed by atoms with van der Waals surface area (Å²) < 4.78 is 13.6. The lowest BCUT2D eigenvalue weighted by Gasteiger charge is -2.05. The Bertz CT molecular complexity index is 686. The highest BCUT2D eigenvalue weighted by Gasteiger charge is 2.18. The molecule has 7 heteroatoms. The SMILES string of the molecule is O=C(O)c1cc(C(=O)O)c2cc(Cl)cc(F)c2n1. The van der Waals surface area contributed by atoms with E-state index in [1.54, 1.807) is 0 Å². The van der Waals surface area contributed by atoms with E-state index in [2.05, 4.69) is 4.98 Å². The van der Waals surface area contributed by atoms with Crippen LogP contribution >= 0.6 is 11.6 Å². The van der Waals surface area contributed by atoms with E-state index in [1.807, 2.05) is 0 Å². The van der Waals surface area contributed by atoms with Crippen molar-refractivity contribution in [3.8, 4) is 0 Å². The van der Waals surface area contributed by atoms with E-state index in [0.717, 1.165) is 12.1 Å². The van der Waals surface area contributed by atoms with Crippen molar-refractivity contribution in [2.45, 2.75) is 0 Å². The molecule has 0 aliphatic carbocycles. The first-order chi connectivity index (χ1) is 8.40. The lowest BCUT2D eigenvalue weighted by molar-refractivity contribution is 0.0691. The molecule has 0 unspecified atom stereocenters. The summed E-state index contributed by atoms with van der Waals surface area (Å²) in [5.74, 6) is -3.69. The summed E-state index contributed by atoms with van der Waals surface area (Å²) in [4.78, 5) is 25.4. The molecule has 2 aromatic rings. The van der Waals surface area contributed by atoms with Gasteiger partial charge in [-0.1, -0.05) is 11.6 Å². The van der Waals surface area contributed by atoms with E-state index in [1.165, 1.54) is 6.07 Å². The van der Waals surface area contributed by atoms with Crippen molar-refractivity contribution in [3.63, 3.8) is 0 Å². The molecule has 0 aliphatic heterocycles. The zero-order chi connectivity index (χ0) is 13.4. The molecule has 2 rings (SSSR count). The van der Waals surface area contributed by atoms with Gasteiger partial charge in [-0.3, -0.25) is 0 Å². The van der Waals surface area contributed by atoms with Gasteiger partial charge in [0.15, 0.2) is 5.82 Å². The number of nitrogens with zero attached hydrogens (tertiary/aromatic N) is 1. The van der Waals surface area contributed by atoms with E-state index in [9.17, 15) is 14.0 Å². The minimum absolute atomic E-state index is 0.00683. The van der Waals surface area contributed by atoms with Crippen LogP contribution in [0.4, 0.5) is 4.39 Å². The Morgan fingerprint density at radius 1 is 1.17 bits per heavy atom. The van der Waals surface area contributed by atoms with Crippen LogP contribution in [0.25, 0.3) is 10.9 Å². The summed E-state index contributed by atoms with van der Waals surface area (Å²) in [7, 11) is 0. The average molecular weight is 270 g/mol. The number of rotatable bonds is 2. The summed E-state index contributed by atoms with van der Waals surface area (Å²) >= 11 is 5.63. The predicted molar refractivity (Wildman–Crippen MR) is 60.6 cm³/mol. The van der Waals surface area contributed by atoms with Crippen molar-refractivity contribution in [1.29, 1.82) is 0 Å². The number of hydrogen-bond acceptors (Lipinski definition) is 3. The van der Waals surface area contributed by atoms with Crippen molar-refractivity contribution in [2.75, 3.05) is 0 Å². The van der Waals surface area contributed by atoms with E-state index in [0.29, 0.717) is 0 Å². The maximum atomic E-state index is 13.6. The number of pyridine rings is 1. The van der Waals surface area contributed by atoms with Gasteiger partial charge in [-0.2, -0.15) is 0 Å². The molecular formula is C11H5ClFNO4. The highest BCUT2D eigenvalue weighted by atomic mass is 35.5. The average Bonchev–Trinajstić information content (AvgIpc) is 2.27. The number of carboxylic acid groups (broad SMARTS) is 2. The van der Waals surface area contributed by atoms with Crippen LogP contribution in [0.15, 0.2) is 18.2 Å². The molecular weight excluding hydrogens is 265 g/mol. The molecule has 0 saturated heterocycles. The number of halogens is 2. The first-order valence-electron chi connectivity index (χ1n) is 4.66. The standard InChI is InChI=1S/C11H5ClFNO4/c12-4-1-5-6(10(15)16)3-8(11(17)18)14-9(5)7(13)2-4/h1-3H,(H,15,16)(H,17,18). The molecule has 5 nitrogen and oxygen atoms in total. The number of carboxylic acids is 2. The predicted octanol–water partition coefficient (Wildman–Crippen LogP) is 2.42. The molecule has 1 heterocycles. The van der Waals surface area contributed by atoms with E-state index < -0.39 is 23.4 Å². The zero-order valence-corrected chi connectivity index (χ0v) is 9.40. The number of carbonyl (C=O) groups is 2. The van der Waals surface area contributed by atoms with Crippen LogP contribution in [0, 0.1) is 5.82 Å². The van der Waals surface area contributed by atoms with Crippen LogP contribution in [0.3, 0.4) is 0 Å². The Hall–Kier alpha value is -2.21. The number of aromatic carboxylic acids is 2. The third-order valence-electron chi connectivity index (χ3n) is 2.28. The smallest absolute Gasteiger partial charge is 0.354 e. The van der Waals surface area contributed by atoms with Gasteiger partial charge in [-0.05, 0) is 18.2 Å². The third-order valence-corrected chi connectivity index (χ3v) is 2.50. The largest absolute Gasteiger partial charge is 0.478 e. The van der Waals surface area contributed by atoms with Crippen LogP contribution in [0.1, 0.15) is 20.8 Å². The van der Waals surface area contributed by atoms with Crippen molar-refractivity contribution in [3.05, 3.63) is 40.3 Å². The van der Waals surface area contributed by atoms with Crippen LogP contribution in [0.5, 0.6) is 0 Å². The molecule has 0 radical (unpaired) electrons. The number of aromatic nitrogens is 1. The van der Waals surface area contributed by atoms with Crippen molar-refractivity contribution < 1.29 is 24.2 Å². The molecule has 0 saturated carbocycles. The lowest BCUT2D eigenvalue weighted by Crippen LogP contribution is -2.07. The third kappa shape index (κ3) is 1.98. The minimum atomic E-state index is -1.44. The topological polar surface area (TPSA) is 87.5 Å². The normalized spacial score (nSPS) is 10.6. The maximum Gasteiger partial charge on any atom is 0.354 e. The summed E-state index contributed by atoms with van der Waals surface area (Å²) in [5.41, 5.74) is -1.24. The maximum absolute atomic E-state index is 13.6. The Morgan fingerprint density at radius 2 is 1.83 bits per heavy atom. The fourth-order valence-corrected chi connectivity index (χ4v) is 1.74. The van der Waals surface area contributed by atoms with Gasteiger partial charge in [0.2, 0.25) is 0 Å². The second-order valence-electron chi connectivity index (χ2n) is 3.45. The fourth-order valence-electron chi connectivity index (χ4n) is 1.54. The molecule has 2 N–H and O–H groups in total. The number of hydrogen-bond donors (Lipinski definition) is 2. The van der Waals surface area contributed by atoms with Crippen LogP contribution in [0.2, 0.25) is 5.02 Å². The molecule has 0 amide bonds. The van der Waals surface area contributed by atoms with Crippen molar-refractivity contribution in [2.24, 2.45) is 0 Å². The summed E-state index contributed by atoms with van der Waals surface area (Å²) in [6, 6.07) is 3.03. The van der Waals surface area contributed by atoms with Crippen molar-refractivity contribution in [1.82, 2.24) is 4.98 Å². The summed E-state index contributed by atoms with van der Waals surface area (Å²) in [5, 5.41) is 17.7. The van der Waals surface area contributed by atoms with Crippen LogP contribution in [-0.2, 0) is 0 Å². The van der Waals surface area contributed by atoms with Crippen LogP contribution in [-0.4, -0.2) is 27.1 Å². The fraction of sp³-hybridized carbons (Fsp3) is 0. The van der Waals surface area contributed by atoms with Gasteiger partial charge < -0.3 is 10.2 Å². The molecule has 0 fully saturated rings. The Balaban J connectivity index is 2.94.